The van der Waals surface area contributed by atoms with Gasteiger partial charge in [0.2, 0.25) is 0 Å². The average Bonchev–Trinajstić information content (AvgIpc) is 2.48. The van der Waals surface area contributed by atoms with Crippen LogP contribution >= 0.6 is 0 Å². The highest BCUT2D eigenvalue weighted by atomic mass is 32.2. The highest BCUT2D eigenvalue weighted by molar-refractivity contribution is 7.86. The number of carbonyl (C=O) groups is 1. The Morgan fingerprint density at radius 2 is 1.95 bits per heavy atom. The first-order valence-electron chi connectivity index (χ1n) is 7.18. The van der Waals surface area contributed by atoms with Gasteiger partial charge < -0.3 is 10.1 Å². The molecule has 2 fully saturated rings. The third-order valence-electron chi connectivity index (χ3n) is 3.73. The van der Waals surface area contributed by atoms with Gasteiger partial charge in [-0.2, -0.15) is 17.0 Å². The highest BCUT2D eigenvalue weighted by Gasteiger charge is 2.36. The fraction of sp³-hybridized carbons (Fsp3) is 0.917. The molecule has 2 saturated heterocycles. The van der Waals surface area contributed by atoms with Crippen LogP contribution in [0.5, 0.6) is 0 Å². The maximum atomic E-state index is 12.5. The zero-order valence-corrected chi connectivity index (χ0v) is 12.7. The monoisotopic (exact) mass is 305 g/mol. The summed E-state index contributed by atoms with van der Waals surface area (Å²) in [6, 6.07) is 0. The third-order valence-corrected chi connectivity index (χ3v) is 5.73. The third kappa shape index (κ3) is 3.49. The van der Waals surface area contributed by atoms with Crippen molar-refractivity contribution in [1.82, 2.24) is 13.9 Å². The summed E-state index contributed by atoms with van der Waals surface area (Å²) in [6.07, 6.45) is 1.40. The summed E-state index contributed by atoms with van der Waals surface area (Å²) < 4.78 is 33.0. The fourth-order valence-corrected chi connectivity index (χ4v) is 4.34. The maximum Gasteiger partial charge on any atom is 0.310 e. The van der Waals surface area contributed by atoms with E-state index in [1.807, 2.05) is 0 Å². The number of ether oxygens (including phenoxy) is 1. The zero-order chi connectivity index (χ0) is 14.6. The number of rotatable bonds is 4. The number of nitrogens with one attached hydrogen (secondary N) is 1. The molecule has 0 saturated carbocycles. The van der Waals surface area contributed by atoms with Crippen molar-refractivity contribution in [2.24, 2.45) is 5.92 Å². The van der Waals surface area contributed by atoms with Gasteiger partial charge in [0.05, 0.1) is 12.5 Å². The Kier molecular flexibility index (Phi) is 5.36. The number of piperidine rings is 1. The fourth-order valence-electron chi connectivity index (χ4n) is 2.64. The van der Waals surface area contributed by atoms with E-state index < -0.39 is 10.2 Å². The van der Waals surface area contributed by atoms with Gasteiger partial charge in [-0.3, -0.25) is 4.79 Å². The molecule has 0 aliphatic carbocycles. The molecule has 0 aromatic heterocycles. The molecule has 2 heterocycles. The lowest BCUT2D eigenvalue weighted by atomic mass is 10.0. The van der Waals surface area contributed by atoms with E-state index in [1.54, 1.807) is 6.92 Å². The van der Waals surface area contributed by atoms with E-state index >= 15 is 0 Å². The Balaban J connectivity index is 2.01. The van der Waals surface area contributed by atoms with Crippen LogP contribution in [0, 0.1) is 5.92 Å². The van der Waals surface area contributed by atoms with Crippen LogP contribution in [0.2, 0.25) is 0 Å². The Bertz CT molecular complexity index is 434. The molecule has 0 radical (unpaired) electrons. The molecule has 0 spiro atoms. The Hall–Kier alpha value is -0.700. The summed E-state index contributed by atoms with van der Waals surface area (Å²) in [5.41, 5.74) is 0. The number of hydrogen-bond acceptors (Lipinski definition) is 5. The lowest BCUT2D eigenvalue weighted by molar-refractivity contribution is -0.149. The van der Waals surface area contributed by atoms with Gasteiger partial charge >= 0.3 is 5.97 Å². The molecule has 2 rings (SSSR count). The van der Waals surface area contributed by atoms with E-state index in [0.717, 1.165) is 0 Å². The van der Waals surface area contributed by atoms with Crippen LogP contribution in [0.3, 0.4) is 0 Å². The van der Waals surface area contributed by atoms with Gasteiger partial charge in [-0.15, -0.1) is 0 Å². The largest absolute Gasteiger partial charge is 0.466 e. The van der Waals surface area contributed by atoms with Crippen molar-refractivity contribution in [2.75, 3.05) is 45.9 Å². The minimum Gasteiger partial charge on any atom is -0.466 e. The summed E-state index contributed by atoms with van der Waals surface area (Å²) in [7, 11) is -3.45. The van der Waals surface area contributed by atoms with Crippen molar-refractivity contribution in [2.45, 2.75) is 19.8 Å². The second-order valence-corrected chi connectivity index (χ2v) is 7.03. The minimum atomic E-state index is -3.45. The molecule has 8 heteroatoms. The van der Waals surface area contributed by atoms with Crippen molar-refractivity contribution < 1.29 is 17.9 Å². The standard InChI is InChI=1S/C12H23N3O4S/c1-2-19-12(16)11-4-3-7-15(10-11)20(17,18)14-8-5-13-6-9-14/h11,13H,2-10H2,1H3. The van der Waals surface area contributed by atoms with Gasteiger partial charge in [-0.1, -0.05) is 0 Å². The SMILES string of the molecule is CCOC(=O)C1CCCN(S(=O)(=O)N2CCNCC2)C1. The van der Waals surface area contributed by atoms with Crippen LogP contribution in [-0.2, 0) is 19.7 Å². The molecule has 7 nitrogen and oxygen atoms in total. The van der Waals surface area contributed by atoms with Gasteiger partial charge in [0.25, 0.3) is 10.2 Å². The summed E-state index contributed by atoms with van der Waals surface area (Å²) in [4.78, 5) is 11.8. The average molecular weight is 305 g/mol. The van der Waals surface area contributed by atoms with Crippen LogP contribution in [0.1, 0.15) is 19.8 Å². The quantitative estimate of drug-likeness (QED) is 0.703. The van der Waals surface area contributed by atoms with E-state index in [-0.39, 0.29) is 18.4 Å². The van der Waals surface area contributed by atoms with Gasteiger partial charge in [0, 0.05) is 39.3 Å². The van der Waals surface area contributed by atoms with Crippen molar-refractivity contribution in [3.05, 3.63) is 0 Å². The smallest absolute Gasteiger partial charge is 0.310 e. The number of piperazine rings is 1. The van der Waals surface area contributed by atoms with E-state index in [4.69, 9.17) is 4.74 Å². The lowest BCUT2D eigenvalue weighted by Gasteiger charge is -2.36. The summed E-state index contributed by atoms with van der Waals surface area (Å²) >= 11 is 0. The molecule has 1 N–H and O–H groups in total. The number of nitrogens with zero attached hydrogens (tertiary/aromatic N) is 2. The van der Waals surface area contributed by atoms with E-state index in [2.05, 4.69) is 5.32 Å². The second kappa shape index (κ2) is 6.84. The topological polar surface area (TPSA) is 79.0 Å². The predicted octanol–water partition coefficient (Wildman–Crippen LogP) is -0.588. The predicted molar refractivity (Wildman–Crippen MR) is 74.3 cm³/mol. The van der Waals surface area contributed by atoms with E-state index in [1.165, 1.54) is 8.61 Å². The van der Waals surface area contributed by atoms with Crippen LogP contribution in [0.25, 0.3) is 0 Å². The van der Waals surface area contributed by atoms with Crippen molar-refractivity contribution in [3.63, 3.8) is 0 Å². The molecular formula is C12H23N3O4S. The van der Waals surface area contributed by atoms with Crippen molar-refractivity contribution in [3.8, 4) is 0 Å². The van der Waals surface area contributed by atoms with E-state index in [9.17, 15) is 13.2 Å². The molecule has 2 aliphatic heterocycles. The Morgan fingerprint density at radius 1 is 1.25 bits per heavy atom. The number of hydrogen-bond donors (Lipinski definition) is 1. The maximum absolute atomic E-state index is 12.5. The molecule has 1 unspecified atom stereocenters. The molecule has 0 amide bonds. The van der Waals surface area contributed by atoms with Crippen LogP contribution in [0.4, 0.5) is 0 Å². The normalized spacial score (nSPS) is 26.4. The summed E-state index contributed by atoms with van der Waals surface area (Å²) in [5, 5.41) is 3.13. The first kappa shape index (κ1) is 15.7. The number of esters is 1. The van der Waals surface area contributed by atoms with Gasteiger partial charge in [0.15, 0.2) is 0 Å². The molecule has 1 atom stereocenters. The Morgan fingerprint density at radius 3 is 2.60 bits per heavy atom. The second-order valence-electron chi connectivity index (χ2n) is 5.11. The minimum absolute atomic E-state index is 0.241. The first-order chi connectivity index (χ1) is 9.55. The molecule has 20 heavy (non-hydrogen) atoms. The lowest BCUT2D eigenvalue weighted by Crippen LogP contribution is -2.54. The van der Waals surface area contributed by atoms with Crippen LogP contribution in [-0.4, -0.2) is 68.9 Å². The van der Waals surface area contributed by atoms with Gasteiger partial charge in [-0.05, 0) is 19.8 Å². The molecule has 0 aromatic carbocycles. The van der Waals surface area contributed by atoms with Crippen LogP contribution < -0.4 is 5.32 Å². The van der Waals surface area contributed by atoms with Gasteiger partial charge in [-0.25, -0.2) is 0 Å². The first-order valence-corrected chi connectivity index (χ1v) is 8.58. The molecule has 0 aromatic rings. The zero-order valence-electron chi connectivity index (χ0n) is 11.9. The summed E-state index contributed by atoms with van der Waals surface area (Å²) in [6.45, 7) is 5.15. The Labute approximate surface area is 120 Å². The van der Waals surface area contributed by atoms with Crippen LogP contribution in [0.15, 0.2) is 0 Å². The van der Waals surface area contributed by atoms with Crippen molar-refractivity contribution >= 4 is 16.2 Å². The summed E-state index contributed by atoms with van der Waals surface area (Å²) in [5.74, 6) is -0.617. The van der Waals surface area contributed by atoms with Gasteiger partial charge in [0.1, 0.15) is 0 Å². The highest BCUT2D eigenvalue weighted by Crippen LogP contribution is 2.22. The molecule has 116 valence electrons. The van der Waals surface area contributed by atoms with Crippen molar-refractivity contribution in [1.29, 1.82) is 0 Å². The molecule has 2 aliphatic rings. The number of carbonyl (C=O) groups excluding carboxylic acids is 1. The van der Waals surface area contributed by atoms with E-state index in [0.29, 0.717) is 52.2 Å². The molecule has 0 bridgehead atoms. The molecular weight excluding hydrogens is 282 g/mol.